The maximum absolute atomic E-state index is 13.9. The van der Waals surface area contributed by atoms with Gasteiger partial charge < -0.3 is 35.8 Å². The highest BCUT2D eigenvalue weighted by molar-refractivity contribution is 5.86. The number of amides is 4. The van der Waals surface area contributed by atoms with E-state index in [-0.39, 0.29) is 26.1 Å². The molecule has 0 radical (unpaired) electrons. The Morgan fingerprint density at radius 3 is 1.31 bits per heavy atom. The molecule has 0 spiro atoms. The first kappa shape index (κ1) is 40.9. The van der Waals surface area contributed by atoms with Crippen LogP contribution in [0.1, 0.15) is 62.0 Å². The molecule has 4 amide bonds. The van der Waals surface area contributed by atoms with Crippen molar-refractivity contribution >= 4 is 24.0 Å². The van der Waals surface area contributed by atoms with Gasteiger partial charge in [0.25, 0.3) is 0 Å². The minimum absolute atomic E-state index is 0.0703. The maximum atomic E-state index is 13.9. The summed E-state index contributed by atoms with van der Waals surface area (Å²) < 4.78 is 10.7. The van der Waals surface area contributed by atoms with Crippen LogP contribution in [0, 0.1) is 0 Å². The molecule has 0 fully saturated rings. The van der Waals surface area contributed by atoms with E-state index in [2.05, 4.69) is 31.2 Å². The summed E-state index contributed by atoms with van der Waals surface area (Å²) in [7, 11) is 0. The number of carbonyl (C=O) groups excluding carboxylic acids is 4. The van der Waals surface area contributed by atoms with Crippen LogP contribution in [0.4, 0.5) is 9.59 Å². The smallest absolute Gasteiger partial charge is 0.408 e. The number of ether oxygens (including phenoxy) is 2. The van der Waals surface area contributed by atoms with E-state index >= 15 is 0 Å². The van der Waals surface area contributed by atoms with Gasteiger partial charge in [-0.05, 0) is 61.1 Å². The predicted octanol–water partition coefficient (Wildman–Crippen LogP) is 4.78. The third-order valence-corrected chi connectivity index (χ3v) is 8.60. The number of nitrogens with zero attached hydrogens (tertiary/aromatic N) is 2. The summed E-state index contributed by atoms with van der Waals surface area (Å²) in [5.74, 6) is -1.03. The molecule has 5 N–H and O–H groups in total. The molecule has 4 aromatic rings. The van der Waals surface area contributed by atoms with Crippen LogP contribution in [0.3, 0.4) is 0 Å². The molecule has 0 unspecified atom stereocenters. The highest BCUT2D eigenvalue weighted by Gasteiger charge is 2.34. The summed E-state index contributed by atoms with van der Waals surface area (Å²) in [5, 5.41) is 23.4. The fraction of sp³-hybridized carbons (Fsp3) is 0.366. The molecule has 0 aliphatic rings. The standard InChI is InChI=1S/C41H50N6O7/c1-3-15-33(46-40(51)53-27-31-21-11-13-23-42-31)38(49)44-35(25-29-17-7-5-8-18-29)37(48)36(26-30-19-9-6-10-20-30)45-39(50)34(16-4-2)47-41(52)54-28-32-22-12-14-24-43-32/h5-14,17-24,33-37,48H,3-4,15-16,25-28H2,1-2H3,(H,44,49)(H,45,50)(H,46,51)(H,47,52)/t33-,34-,35-,36-/m0/s1. The lowest BCUT2D eigenvalue weighted by molar-refractivity contribution is -0.126. The van der Waals surface area contributed by atoms with E-state index in [1.165, 1.54) is 0 Å². The van der Waals surface area contributed by atoms with Gasteiger partial charge in [-0.15, -0.1) is 0 Å². The summed E-state index contributed by atoms with van der Waals surface area (Å²) in [5.41, 5.74) is 2.78. The van der Waals surface area contributed by atoms with Crippen LogP contribution in [-0.2, 0) is 45.1 Å². The molecule has 2 aromatic carbocycles. The number of aliphatic hydroxyl groups is 1. The van der Waals surface area contributed by atoms with E-state index < -0.39 is 54.3 Å². The number of carbonyl (C=O) groups is 4. The molecule has 286 valence electrons. The van der Waals surface area contributed by atoms with E-state index in [0.29, 0.717) is 37.1 Å². The van der Waals surface area contributed by atoms with E-state index in [1.807, 2.05) is 74.5 Å². The van der Waals surface area contributed by atoms with Gasteiger partial charge in [-0.25, -0.2) is 9.59 Å². The Balaban J connectivity index is 1.53. The van der Waals surface area contributed by atoms with Crippen LogP contribution in [-0.4, -0.2) is 69.3 Å². The molecule has 0 saturated heterocycles. The Bertz CT molecular complexity index is 1590. The Morgan fingerprint density at radius 1 is 0.574 bits per heavy atom. The second kappa shape index (κ2) is 22.3. The van der Waals surface area contributed by atoms with Gasteiger partial charge in [0.1, 0.15) is 25.3 Å². The maximum Gasteiger partial charge on any atom is 0.408 e. The first-order chi connectivity index (χ1) is 26.2. The van der Waals surface area contributed by atoms with E-state index in [0.717, 1.165) is 11.1 Å². The highest BCUT2D eigenvalue weighted by atomic mass is 16.6. The zero-order valence-electron chi connectivity index (χ0n) is 30.7. The summed E-state index contributed by atoms with van der Waals surface area (Å²) in [6, 6.07) is 25.5. The number of alkyl carbamates (subject to hydrolysis) is 2. The van der Waals surface area contributed by atoms with Gasteiger partial charge in [0.15, 0.2) is 0 Å². The van der Waals surface area contributed by atoms with Crippen molar-refractivity contribution in [2.45, 2.75) is 95.9 Å². The Kier molecular flexibility index (Phi) is 16.9. The molecule has 13 nitrogen and oxygen atoms in total. The number of aliphatic hydroxyl groups excluding tert-OH is 1. The van der Waals surface area contributed by atoms with Crippen LogP contribution in [0.25, 0.3) is 0 Å². The number of rotatable bonds is 20. The Morgan fingerprint density at radius 2 is 0.963 bits per heavy atom. The number of nitrogens with one attached hydrogen (secondary N) is 4. The fourth-order valence-electron chi connectivity index (χ4n) is 5.83. The van der Waals surface area contributed by atoms with Crippen LogP contribution < -0.4 is 21.3 Å². The summed E-state index contributed by atoms with van der Waals surface area (Å²) >= 11 is 0. The Hall–Kier alpha value is -5.82. The molecule has 0 aliphatic heterocycles. The monoisotopic (exact) mass is 738 g/mol. The zero-order chi connectivity index (χ0) is 38.5. The average molecular weight is 739 g/mol. The second-order valence-corrected chi connectivity index (χ2v) is 12.9. The number of aromatic nitrogens is 2. The predicted molar refractivity (Wildman–Crippen MR) is 203 cm³/mol. The third kappa shape index (κ3) is 14.0. The molecule has 4 rings (SSSR count). The van der Waals surface area contributed by atoms with Crippen molar-refractivity contribution in [1.29, 1.82) is 0 Å². The van der Waals surface area contributed by atoms with Gasteiger partial charge in [0.2, 0.25) is 11.8 Å². The van der Waals surface area contributed by atoms with Crippen LogP contribution >= 0.6 is 0 Å². The van der Waals surface area contributed by atoms with Crippen molar-refractivity contribution in [3.05, 3.63) is 132 Å². The van der Waals surface area contributed by atoms with E-state index in [4.69, 9.17) is 9.47 Å². The minimum atomic E-state index is -1.31. The molecular weight excluding hydrogens is 688 g/mol. The number of hydrogen-bond acceptors (Lipinski definition) is 9. The number of benzene rings is 2. The van der Waals surface area contributed by atoms with Crippen LogP contribution in [0.15, 0.2) is 109 Å². The summed E-state index contributed by atoms with van der Waals surface area (Å²) in [6.45, 7) is 3.63. The number of pyridine rings is 2. The quantitative estimate of drug-likeness (QED) is 0.0853. The van der Waals surface area contributed by atoms with Crippen molar-refractivity contribution in [3.8, 4) is 0 Å². The molecule has 54 heavy (non-hydrogen) atoms. The minimum Gasteiger partial charge on any atom is -0.443 e. The topological polar surface area (TPSA) is 181 Å². The SMILES string of the molecule is CCC[C@H](NC(=O)OCc1ccccn1)C(=O)N[C@@H](Cc1ccccc1)C(O)[C@H](Cc1ccccc1)NC(=O)[C@H](CCC)NC(=O)OCc1ccccn1. The van der Waals surface area contributed by atoms with Gasteiger partial charge in [0.05, 0.1) is 29.6 Å². The van der Waals surface area contributed by atoms with Gasteiger partial charge in [-0.1, -0.05) is 99.5 Å². The van der Waals surface area contributed by atoms with E-state index in [1.54, 1.807) is 48.8 Å². The van der Waals surface area contributed by atoms with Gasteiger partial charge >= 0.3 is 12.2 Å². The first-order valence-corrected chi connectivity index (χ1v) is 18.3. The lowest BCUT2D eigenvalue weighted by Gasteiger charge is -2.33. The van der Waals surface area contributed by atoms with E-state index in [9.17, 15) is 24.3 Å². The molecule has 0 bridgehead atoms. The highest BCUT2D eigenvalue weighted by Crippen LogP contribution is 2.15. The molecule has 2 aromatic heterocycles. The van der Waals surface area contributed by atoms with Crippen molar-refractivity contribution in [3.63, 3.8) is 0 Å². The normalized spacial score (nSPS) is 13.1. The summed E-state index contributed by atoms with van der Waals surface area (Å²) in [6.07, 6.45) is 2.52. The first-order valence-electron chi connectivity index (χ1n) is 18.3. The second-order valence-electron chi connectivity index (χ2n) is 12.9. The molecular formula is C41H50N6O7. The lowest BCUT2D eigenvalue weighted by Crippen LogP contribution is -2.60. The van der Waals surface area contributed by atoms with Crippen LogP contribution in [0.2, 0.25) is 0 Å². The largest absolute Gasteiger partial charge is 0.443 e. The van der Waals surface area contributed by atoms with Gasteiger partial charge in [-0.2, -0.15) is 0 Å². The fourth-order valence-corrected chi connectivity index (χ4v) is 5.83. The zero-order valence-corrected chi connectivity index (χ0v) is 30.7. The molecule has 0 aliphatic carbocycles. The van der Waals surface area contributed by atoms with Gasteiger partial charge in [-0.3, -0.25) is 19.6 Å². The van der Waals surface area contributed by atoms with Crippen molar-refractivity contribution in [1.82, 2.24) is 31.2 Å². The molecule has 2 heterocycles. The molecule has 4 atom stereocenters. The summed E-state index contributed by atoms with van der Waals surface area (Å²) in [4.78, 5) is 61.6. The van der Waals surface area contributed by atoms with Crippen molar-refractivity contribution < 1.29 is 33.8 Å². The lowest BCUT2D eigenvalue weighted by atomic mass is 9.91. The Labute approximate surface area is 316 Å². The third-order valence-electron chi connectivity index (χ3n) is 8.60. The molecule has 0 saturated carbocycles. The van der Waals surface area contributed by atoms with Crippen molar-refractivity contribution in [2.24, 2.45) is 0 Å². The average Bonchev–Trinajstić information content (AvgIpc) is 3.19. The van der Waals surface area contributed by atoms with Crippen molar-refractivity contribution in [2.75, 3.05) is 0 Å². The van der Waals surface area contributed by atoms with Gasteiger partial charge in [0, 0.05) is 12.4 Å². The molecule has 13 heteroatoms. The van der Waals surface area contributed by atoms with Crippen LogP contribution in [0.5, 0.6) is 0 Å². The number of hydrogen-bond donors (Lipinski definition) is 5.